The highest BCUT2D eigenvalue weighted by Crippen LogP contribution is 2.19. The number of rotatable bonds is 5. The summed E-state index contributed by atoms with van der Waals surface area (Å²) in [7, 11) is 1.64. The monoisotopic (exact) mass is 318 g/mol. The molecule has 0 bridgehead atoms. The predicted octanol–water partition coefficient (Wildman–Crippen LogP) is 1.24. The van der Waals surface area contributed by atoms with Crippen molar-refractivity contribution >= 4 is 17.7 Å². The van der Waals surface area contributed by atoms with Crippen molar-refractivity contribution in [2.24, 2.45) is 0 Å². The number of hydrogen-bond acceptors (Lipinski definition) is 4. The fraction of sp³-hybridized carbons (Fsp3) is 0.471. The highest BCUT2D eigenvalue weighted by atomic mass is 16.5. The Labute approximate surface area is 135 Å². The molecular formula is C17H22N2O4. The molecule has 1 saturated heterocycles. The molecule has 1 atom stereocenters. The lowest BCUT2D eigenvalue weighted by atomic mass is 9.96. The van der Waals surface area contributed by atoms with E-state index in [1.54, 1.807) is 7.11 Å². The van der Waals surface area contributed by atoms with Gasteiger partial charge in [0, 0.05) is 19.1 Å². The zero-order valence-electron chi connectivity index (χ0n) is 13.7. The van der Waals surface area contributed by atoms with Gasteiger partial charge in [0.15, 0.2) is 0 Å². The van der Waals surface area contributed by atoms with Crippen LogP contribution in [0.1, 0.15) is 46.8 Å². The summed E-state index contributed by atoms with van der Waals surface area (Å²) in [5.74, 6) is -1.04. The minimum absolute atomic E-state index is 0.239. The third kappa shape index (κ3) is 3.96. The second-order valence-electron chi connectivity index (χ2n) is 5.70. The molecule has 6 nitrogen and oxygen atoms in total. The molecule has 1 aliphatic heterocycles. The molecule has 2 rings (SSSR count). The van der Waals surface area contributed by atoms with Gasteiger partial charge in [-0.25, -0.2) is 0 Å². The number of benzene rings is 1. The second kappa shape index (κ2) is 7.37. The predicted molar refractivity (Wildman–Crippen MR) is 84.9 cm³/mol. The first-order valence-electron chi connectivity index (χ1n) is 7.72. The van der Waals surface area contributed by atoms with Gasteiger partial charge >= 0.3 is 0 Å². The van der Waals surface area contributed by atoms with Gasteiger partial charge in [-0.15, -0.1) is 0 Å². The molecule has 23 heavy (non-hydrogen) atoms. The van der Waals surface area contributed by atoms with Crippen molar-refractivity contribution < 1.29 is 19.1 Å². The number of hydrogen-bond donors (Lipinski definition) is 2. The molecule has 0 aliphatic carbocycles. The smallest absolute Gasteiger partial charge is 0.252 e. The Kier molecular flexibility index (Phi) is 5.50. The molecule has 3 amide bonds. The number of carbonyl (C=O) groups is 3. The zero-order valence-corrected chi connectivity index (χ0v) is 13.7. The third-order valence-electron chi connectivity index (χ3n) is 4.02. The number of nitrogens with one attached hydrogen (secondary N) is 2. The first kappa shape index (κ1) is 17.1. The third-order valence-corrected chi connectivity index (χ3v) is 4.02. The average molecular weight is 318 g/mol. The Morgan fingerprint density at radius 3 is 2.70 bits per heavy atom. The number of methoxy groups -OCH3 is 1. The number of piperidine rings is 1. The molecule has 1 unspecified atom stereocenters. The molecule has 1 fully saturated rings. The van der Waals surface area contributed by atoms with Crippen LogP contribution in [0.25, 0.3) is 0 Å². The van der Waals surface area contributed by atoms with Gasteiger partial charge in [-0.1, -0.05) is 13.0 Å². The summed E-state index contributed by atoms with van der Waals surface area (Å²) >= 11 is 0. The Bertz CT molecular complexity index is 640. The van der Waals surface area contributed by atoms with Gasteiger partial charge in [0.05, 0.1) is 6.61 Å². The molecule has 2 N–H and O–H groups in total. The van der Waals surface area contributed by atoms with E-state index >= 15 is 0 Å². The van der Waals surface area contributed by atoms with Gasteiger partial charge in [0.1, 0.15) is 6.04 Å². The van der Waals surface area contributed by atoms with Crippen LogP contribution in [0.5, 0.6) is 0 Å². The lowest BCUT2D eigenvalue weighted by Gasteiger charge is -2.22. The van der Waals surface area contributed by atoms with Crippen LogP contribution >= 0.6 is 0 Å². The van der Waals surface area contributed by atoms with Crippen molar-refractivity contribution in [3.8, 4) is 0 Å². The molecule has 0 aromatic heterocycles. The van der Waals surface area contributed by atoms with Crippen LogP contribution in [0.4, 0.5) is 0 Å². The molecule has 1 aliphatic rings. The summed E-state index contributed by atoms with van der Waals surface area (Å²) in [5, 5.41) is 4.95. The molecular weight excluding hydrogens is 296 g/mol. The molecule has 1 aromatic carbocycles. The van der Waals surface area contributed by atoms with E-state index in [0.29, 0.717) is 18.6 Å². The molecule has 124 valence electrons. The number of amides is 3. The van der Waals surface area contributed by atoms with Gasteiger partial charge in [0.25, 0.3) is 5.91 Å². The SMILES string of the molecule is CCc1cc(C(=O)NC2CCC(=O)NC2=O)c(C)cc1COC. The zero-order chi connectivity index (χ0) is 17.0. The summed E-state index contributed by atoms with van der Waals surface area (Å²) in [4.78, 5) is 35.4. The number of aryl methyl sites for hydroxylation is 2. The standard InChI is InChI=1S/C17H22N2O4/c1-4-11-8-13(10(2)7-12(11)9-23-3)16(21)18-14-5-6-15(20)19-17(14)22/h7-8,14H,4-6,9H2,1-3H3,(H,18,21)(H,19,20,22). The van der Waals surface area contributed by atoms with Gasteiger partial charge < -0.3 is 10.1 Å². The average Bonchev–Trinajstić information content (AvgIpc) is 2.50. The second-order valence-corrected chi connectivity index (χ2v) is 5.70. The van der Waals surface area contributed by atoms with Crippen LogP contribution in [0.3, 0.4) is 0 Å². The number of imide groups is 1. The van der Waals surface area contributed by atoms with Crippen LogP contribution in [0, 0.1) is 6.92 Å². The minimum Gasteiger partial charge on any atom is -0.380 e. The van der Waals surface area contributed by atoms with Crippen LogP contribution < -0.4 is 10.6 Å². The topological polar surface area (TPSA) is 84.5 Å². The first-order chi connectivity index (χ1) is 11.0. The molecule has 0 radical (unpaired) electrons. The van der Waals surface area contributed by atoms with Gasteiger partial charge in [-0.3, -0.25) is 19.7 Å². The van der Waals surface area contributed by atoms with E-state index < -0.39 is 11.9 Å². The molecule has 6 heteroatoms. The van der Waals surface area contributed by atoms with Gasteiger partial charge in [-0.2, -0.15) is 0 Å². The largest absolute Gasteiger partial charge is 0.380 e. The lowest BCUT2D eigenvalue weighted by molar-refractivity contribution is -0.134. The Balaban J connectivity index is 2.19. The number of carbonyl (C=O) groups excluding carboxylic acids is 3. The van der Waals surface area contributed by atoms with E-state index in [2.05, 4.69) is 10.6 Å². The van der Waals surface area contributed by atoms with E-state index in [1.165, 1.54) is 0 Å². The van der Waals surface area contributed by atoms with Crippen molar-refractivity contribution in [3.63, 3.8) is 0 Å². The maximum Gasteiger partial charge on any atom is 0.252 e. The van der Waals surface area contributed by atoms with Gasteiger partial charge in [-0.05, 0) is 42.5 Å². The summed E-state index contributed by atoms with van der Waals surface area (Å²) in [5.41, 5.74) is 3.49. The number of ether oxygens (including phenoxy) is 1. The van der Waals surface area contributed by atoms with Gasteiger partial charge in [0.2, 0.25) is 11.8 Å². The fourth-order valence-electron chi connectivity index (χ4n) is 2.74. The summed E-state index contributed by atoms with van der Waals surface area (Å²) < 4.78 is 5.19. The van der Waals surface area contributed by atoms with E-state index in [-0.39, 0.29) is 18.2 Å². The van der Waals surface area contributed by atoms with Crippen molar-refractivity contribution in [1.29, 1.82) is 0 Å². The highest BCUT2D eigenvalue weighted by Gasteiger charge is 2.28. The van der Waals surface area contributed by atoms with E-state index in [0.717, 1.165) is 23.1 Å². The fourth-order valence-corrected chi connectivity index (χ4v) is 2.74. The van der Waals surface area contributed by atoms with Crippen LogP contribution in [-0.4, -0.2) is 30.9 Å². The quantitative estimate of drug-likeness (QED) is 0.800. The molecule has 0 saturated carbocycles. The highest BCUT2D eigenvalue weighted by molar-refractivity contribution is 6.04. The van der Waals surface area contributed by atoms with Crippen molar-refractivity contribution in [2.45, 2.75) is 45.8 Å². The Hall–Kier alpha value is -2.21. The normalized spacial score (nSPS) is 17.8. The van der Waals surface area contributed by atoms with Crippen molar-refractivity contribution in [2.75, 3.05) is 7.11 Å². The van der Waals surface area contributed by atoms with E-state index in [9.17, 15) is 14.4 Å². The first-order valence-corrected chi connectivity index (χ1v) is 7.72. The van der Waals surface area contributed by atoms with E-state index in [4.69, 9.17) is 4.74 Å². The van der Waals surface area contributed by atoms with E-state index in [1.807, 2.05) is 26.0 Å². The summed E-state index contributed by atoms with van der Waals surface area (Å²) in [6.07, 6.45) is 1.36. The molecule has 0 spiro atoms. The Morgan fingerprint density at radius 2 is 2.09 bits per heavy atom. The molecule has 1 heterocycles. The maximum atomic E-state index is 12.5. The van der Waals surface area contributed by atoms with Crippen molar-refractivity contribution in [3.05, 3.63) is 34.4 Å². The van der Waals surface area contributed by atoms with Crippen LogP contribution in [0.15, 0.2) is 12.1 Å². The van der Waals surface area contributed by atoms with Crippen LogP contribution in [0.2, 0.25) is 0 Å². The van der Waals surface area contributed by atoms with Crippen molar-refractivity contribution in [1.82, 2.24) is 10.6 Å². The lowest BCUT2D eigenvalue weighted by Crippen LogP contribution is -2.52. The van der Waals surface area contributed by atoms with Crippen LogP contribution in [-0.2, 0) is 27.4 Å². The minimum atomic E-state index is -0.664. The summed E-state index contributed by atoms with van der Waals surface area (Å²) in [6.45, 7) is 4.38. The maximum absolute atomic E-state index is 12.5. The Morgan fingerprint density at radius 1 is 1.35 bits per heavy atom. The molecule has 1 aromatic rings. The summed E-state index contributed by atoms with van der Waals surface area (Å²) in [6, 6.07) is 3.13.